The lowest BCUT2D eigenvalue weighted by atomic mass is 9.87. The van der Waals surface area contributed by atoms with Crippen LogP contribution in [0.15, 0.2) is 23.0 Å². The molecule has 0 spiro atoms. The van der Waals surface area contributed by atoms with E-state index in [0.717, 1.165) is 11.3 Å². The van der Waals surface area contributed by atoms with Gasteiger partial charge in [-0.3, -0.25) is 9.59 Å². The summed E-state index contributed by atoms with van der Waals surface area (Å²) in [7, 11) is 1.54. The molecular formula is C18H16Cl2N2O2S. The molecule has 1 aromatic carbocycles. The van der Waals surface area contributed by atoms with Gasteiger partial charge in [-0.1, -0.05) is 56.1 Å². The molecule has 0 atom stereocenters. The Morgan fingerprint density at radius 1 is 1.32 bits per heavy atom. The van der Waals surface area contributed by atoms with Gasteiger partial charge >= 0.3 is 0 Å². The number of halogens is 2. The predicted octanol–water partition coefficient (Wildman–Crippen LogP) is 2.87. The molecule has 0 fully saturated rings. The van der Waals surface area contributed by atoms with Gasteiger partial charge in [0.2, 0.25) is 0 Å². The summed E-state index contributed by atoms with van der Waals surface area (Å²) in [6.07, 6.45) is 1.61. The fourth-order valence-electron chi connectivity index (χ4n) is 2.13. The van der Waals surface area contributed by atoms with Gasteiger partial charge in [0.15, 0.2) is 5.78 Å². The highest BCUT2D eigenvalue weighted by molar-refractivity contribution is 7.07. The van der Waals surface area contributed by atoms with Crippen LogP contribution in [0.4, 0.5) is 0 Å². The molecule has 130 valence electrons. The van der Waals surface area contributed by atoms with Gasteiger partial charge in [-0.25, -0.2) is 0 Å². The first kappa shape index (κ1) is 19.5. The van der Waals surface area contributed by atoms with Crippen molar-refractivity contribution in [3.8, 4) is 6.07 Å². The lowest BCUT2D eigenvalue weighted by Gasteiger charge is -2.15. The normalized spacial score (nSPS) is 13.6. The highest BCUT2D eigenvalue weighted by Crippen LogP contribution is 2.25. The third-order valence-electron chi connectivity index (χ3n) is 3.53. The van der Waals surface area contributed by atoms with Gasteiger partial charge in [-0.2, -0.15) is 5.26 Å². The third kappa shape index (κ3) is 3.87. The van der Waals surface area contributed by atoms with E-state index >= 15 is 0 Å². The van der Waals surface area contributed by atoms with Crippen molar-refractivity contribution in [2.75, 3.05) is 0 Å². The van der Waals surface area contributed by atoms with Crippen molar-refractivity contribution in [3.63, 3.8) is 0 Å². The molecule has 0 aliphatic carbocycles. The number of hydrogen-bond donors (Lipinski definition) is 0. The number of carbonyl (C=O) groups is 1. The number of carbonyl (C=O) groups excluding carboxylic acids is 1. The predicted molar refractivity (Wildman–Crippen MR) is 102 cm³/mol. The van der Waals surface area contributed by atoms with E-state index < -0.39 is 5.41 Å². The summed E-state index contributed by atoms with van der Waals surface area (Å²) >= 11 is 13.2. The lowest BCUT2D eigenvalue weighted by molar-refractivity contribution is -0.120. The number of thiazole rings is 1. The van der Waals surface area contributed by atoms with E-state index in [2.05, 4.69) is 0 Å². The third-order valence-corrected chi connectivity index (χ3v) is 5.55. The lowest BCUT2D eigenvalue weighted by Crippen LogP contribution is -2.32. The minimum atomic E-state index is -0.717. The molecular weight excluding hydrogens is 379 g/mol. The Morgan fingerprint density at radius 3 is 2.52 bits per heavy atom. The Balaban J connectivity index is 2.82. The van der Waals surface area contributed by atoms with E-state index in [9.17, 15) is 14.9 Å². The van der Waals surface area contributed by atoms with Crippen LogP contribution in [0.1, 0.15) is 26.3 Å². The summed E-state index contributed by atoms with van der Waals surface area (Å²) in [5, 5.41) is 10.2. The minimum absolute atomic E-state index is 0.0195. The van der Waals surface area contributed by atoms with Crippen molar-refractivity contribution in [3.05, 3.63) is 53.4 Å². The van der Waals surface area contributed by atoms with Crippen LogP contribution in [0.5, 0.6) is 0 Å². The summed E-state index contributed by atoms with van der Waals surface area (Å²) in [6.45, 7) is 5.20. The van der Waals surface area contributed by atoms with Gasteiger partial charge in [0.25, 0.3) is 5.56 Å². The number of aromatic nitrogens is 1. The van der Waals surface area contributed by atoms with Crippen LogP contribution in [-0.2, 0) is 11.8 Å². The Morgan fingerprint density at radius 2 is 1.96 bits per heavy atom. The van der Waals surface area contributed by atoms with Crippen molar-refractivity contribution in [2.24, 2.45) is 12.5 Å². The maximum Gasteiger partial charge on any atom is 0.268 e. The monoisotopic (exact) mass is 394 g/mol. The van der Waals surface area contributed by atoms with Gasteiger partial charge in [-0.05, 0) is 17.7 Å². The van der Waals surface area contributed by atoms with Gasteiger partial charge in [0, 0.05) is 12.5 Å². The Kier molecular flexibility index (Phi) is 5.58. The molecule has 0 N–H and O–H groups in total. The zero-order chi connectivity index (χ0) is 18.9. The van der Waals surface area contributed by atoms with E-state index in [1.54, 1.807) is 52.1 Å². The molecule has 0 amide bonds. The van der Waals surface area contributed by atoms with Crippen LogP contribution in [0.25, 0.3) is 11.6 Å². The standard InChI is InChI=1S/C18H16Cl2N2O2S/c1-18(2,3)15(23)11(9-21)17-22(4)16(24)13(25-17)8-10-6-5-7-12(19)14(10)20/h5-8H,1-4H3/b13-8+,17-11-. The van der Waals surface area contributed by atoms with Crippen LogP contribution in [0, 0.1) is 16.7 Å². The molecule has 0 saturated carbocycles. The Bertz CT molecular complexity index is 1070. The molecule has 0 saturated heterocycles. The number of rotatable bonds is 2. The summed E-state index contributed by atoms with van der Waals surface area (Å²) < 4.78 is 2.02. The summed E-state index contributed by atoms with van der Waals surface area (Å²) in [6, 6.07) is 7.07. The molecule has 1 heterocycles. The molecule has 1 aromatic heterocycles. The highest BCUT2D eigenvalue weighted by atomic mass is 35.5. The highest BCUT2D eigenvalue weighted by Gasteiger charge is 2.27. The van der Waals surface area contributed by atoms with E-state index in [0.29, 0.717) is 24.8 Å². The average molecular weight is 395 g/mol. The topological polar surface area (TPSA) is 62.9 Å². The van der Waals surface area contributed by atoms with Crippen LogP contribution >= 0.6 is 34.5 Å². The molecule has 4 nitrogen and oxygen atoms in total. The van der Waals surface area contributed by atoms with Gasteiger partial charge < -0.3 is 4.57 Å². The molecule has 2 rings (SSSR count). The fourth-order valence-corrected chi connectivity index (χ4v) is 3.57. The largest absolute Gasteiger partial charge is 0.301 e. The molecule has 0 unspecified atom stereocenters. The quantitative estimate of drug-likeness (QED) is 0.786. The molecule has 0 aliphatic rings. The van der Waals surface area contributed by atoms with E-state index in [-0.39, 0.29) is 16.9 Å². The first-order valence-corrected chi connectivity index (χ1v) is 8.96. The van der Waals surface area contributed by atoms with Crippen molar-refractivity contribution in [2.45, 2.75) is 20.8 Å². The smallest absolute Gasteiger partial charge is 0.268 e. The van der Waals surface area contributed by atoms with Crippen molar-refractivity contribution < 1.29 is 4.79 Å². The number of Topliss-reactive ketones (excluding diaryl/α,β-unsaturated/α-hetero) is 1. The first-order chi connectivity index (χ1) is 11.6. The van der Waals surface area contributed by atoms with Crippen LogP contribution in [0.3, 0.4) is 0 Å². The SMILES string of the molecule is Cn1c(=O)/c(=C\c2cccc(Cl)c2Cl)s/c1=C(/C#N)C(=O)C(C)(C)C. The fraction of sp³-hybridized carbons (Fsp3) is 0.278. The Hall–Kier alpha value is -1.87. The molecule has 25 heavy (non-hydrogen) atoms. The second-order valence-electron chi connectivity index (χ2n) is 6.49. The summed E-state index contributed by atoms with van der Waals surface area (Å²) in [5.74, 6) is -0.306. The van der Waals surface area contributed by atoms with E-state index in [4.69, 9.17) is 23.2 Å². The summed E-state index contributed by atoms with van der Waals surface area (Å²) in [4.78, 5) is 25.0. The van der Waals surface area contributed by atoms with Crippen molar-refractivity contribution in [1.29, 1.82) is 5.26 Å². The van der Waals surface area contributed by atoms with Crippen LogP contribution < -0.4 is 14.8 Å². The number of nitrogens with zero attached hydrogens (tertiary/aromatic N) is 2. The van der Waals surface area contributed by atoms with Crippen LogP contribution in [-0.4, -0.2) is 10.4 Å². The molecule has 2 aromatic rings. The van der Waals surface area contributed by atoms with E-state index in [1.165, 1.54) is 4.57 Å². The zero-order valence-corrected chi connectivity index (χ0v) is 16.5. The second kappa shape index (κ2) is 7.17. The maximum absolute atomic E-state index is 12.5. The average Bonchev–Trinajstić information content (AvgIpc) is 2.80. The van der Waals surface area contributed by atoms with Crippen LogP contribution in [0.2, 0.25) is 10.0 Å². The maximum atomic E-state index is 12.5. The zero-order valence-electron chi connectivity index (χ0n) is 14.2. The minimum Gasteiger partial charge on any atom is -0.301 e. The van der Waals surface area contributed by atoms with E-state index in [1.807, 2.05) is 6.07 Å². The molecule has 7 heteroatoms. The number of hydrogen-bond acceptors (Lipinski definition) is 4. The second-order valence-corrected chi connectivity index (χ2v) is 8.30. The van der Waals surface area contributed by atoms with Crippen molar-refractivity contribution in [1.82, 2.24) is 4.57 Å². The molecule has 0 bridgehead atoms. The summed E-state index contributed by atoms with van der Waals surface area (Å²) in [5.41, 5.74) is -0.439. The molecule has 0 aliphatic heterocycles. The van der Waals surface area contributed by atoms with Gasteiger partial charge in [0.05, 0.1) is 14.6 Å². The van der Waals surface area contributed by atoms with Gasteiger partial charge in [0.1, 0.15) is 16.3 Å². The Labute approximate surface area is 159 Å². The van der Waals surface area contributed by atoms with Gasteiger partial charge in [-0.15, -0.1) is 11.3 Å². The number of benzene rings is 1. The first-order valence-electron chi connectivity index (χ1n) is 7.38. The number of ketones is 1. The van der Waals surface area contributed by atoms with Crippen molar-refractivity contribution >= 4 is 52.0 Å². The number of nitriles is 1. The molecule has 0 radical (unpaired) electrons.